The summed E-state index contributed by atoms with van der Waals surface area (Å²) in [5, 5.41) is 10.7. The Morgan fingerprint density at radius 3 is 2.19 bits per heavy atom. The molecular formula is C20H20N4O2S. The molecule has 1 aromatic carbocycles. The maximum Gasteiger partial charge on any atom is 0.265 e. The van der Waals surface area contributed by atoms with Crippen LogP contribution in [-0.2, 0) is 0 Å². The number of carbonyl (C=O) groups excluding carboxylic acids is 2. The summed E-state index contributed by atoms with van der Waals surface area (Å²) in [6.45, 7) is 3.97. The van der Waals surface area contributed by atoms with E-state index in [1.165, 1.54) is 11.3 Å². The third kappa shape index (κ3) is 4.92. The second-order valence-electron chi connectivity index (χ2n) is 6.16. The highest BCUT2D eigenvalue weighted by Gasteiger charge is 2.13. The normalized spacial score (nSPS) is 10.5. The lowest BCUT2D eigenvalue weighted by molar-refractivity contribution is 0.102. The second kappa shape index (κ2) is 8.46. The summed E-state index contributed by atoms with van der Waals surface area (Å²) in [5.74, 6) is 0.146. The molecular weight excluding hydrogens is 360 g/mol. The number of rotatable bonds is 6. The SMILES string of the molecule is CC(C)Nc1ncccc1C(=O)Nc1ccc(NC(=O)c2cccs2)cc1. The lowest BCUT2D eigenvalue weighted by atomic mass is 10.2. The number of aromatic nitrogens is 1. The third-order valence-corrected chi connectivity index (χ3v) is 4.49. The molecule has 0 saturated carbocycles. The van der Waals surface area contributed by atoms with Gasteiger partial charge in [0.2, 0.25) is 0 Å². The Morgan fingerprint density at radius 2 is 1.59 bits per heavy atom. The van der Waals surface area contributed by atoms with Crippen LogP contribution in [0.2, 0.25) is 0 Å². The third-order valence-electron chi connectivity index (χ3n) is 3.62. The maximum absolute atomic E-state index is 12.6. The van der Waals surface area contributed by atoms with E-state index in [4.69, 9.17) is 0 Å². The highest BCUT2D eigenvalue weighted by Crippen LogP contribution is 2.19. The van der Waals surface area contributed by atoms with E-state index in [1.54, 1.807) is 48.7 Å². The number of hydrogen-bond donors (Lipinski definition) is 3. The molecule has 138 valence electrons. The van der Waals surface area contributed by atoms with Crippen LogP contribution in [0.25, 0.3) is 0 Å². The van der Waals surface area contributed by atoms with Gasteiger partial charge in [-0.15, -0.1) is 11.3 Å². The zero-order valence-corrected chi connectivity index (χ0v) is 15.8. The summed E-state index contributed by atoms with van der Waals surface area (Å²) >= 11 is 1.38. The number of carbonyl (C=O) groups is 2. The van der Waals surface area contributed by atoms with Crippen molar-refractivity contribution in [3.63, 3.8) is 0 Å². The molecule has 0 fully saturated rings. The fourth-order valence-corrected chi connectivity index (χ4v) is 3.03. The zero-order chi connectivity index (χ0) is 19.2. The van der Waals surface area contributed by atoms with Crippen molar-refractivity contribution >= 4 is 40.3 Å². The summed E-state index contributed by atoms with van der Waals surface area (Å²) in [4.78, 5) is 29.5. The van der Waals surface area contributed by atoms with Crippen molar-refractivity contribution in [1.29, 1.82) is 0 Å². The molecule has 7 heteroatoms. The highest BCUT2D eigenvalue weighted by atomic mass is 32.1. The van der Waals surface area contributed by atoms with Crippen molar-refractivity contribution in [2.45, 2.75) is 19.9 Å². The Kier molecular flexibility index (Phi) is 5.83. The summed E-state index contributed by atoms with van der Waals surface area (Å²) in [6, 6.07) is 14.2. The smallest absolute Gasteiger partial charge is 0.265 e. The van der Waals surface area contributed by atoms with Gasteiger partial charge in [-0.05, 0) is 61.7 Å². The van der Waals surface area contributed by atoms with Gasteiger partial charge >= 0.3 is 0 Å². The molecule has 2 amide bonds. The van der Waals surface area contributed by atoms with Crippen LogP contribution in [0.5, 0.6) is 0 Å². The summed E-state index contributed by atoms with van der Waals surface area (Å²) in [5.41, 5.74) is 1.77. The first-order valence-electron chi connectivity index (χ1n) is 8.51. The van der Waals surface area contributed by atoms with Crippen LogP contribution in [0.3, 0.4) is 0 Å². The van der Waals surface area contributed by atoms with E-state index in [1.807, 2.05) is 25.3 Å². The predicted molar refractivity (Wildman–Crippen MR) is 110 cm³/mol. The number of hydrogen-bond acceptors (Lipinski definition) is 5. The standard InChI is InChI=1S/C20H20N4O2S/c1-13(2)22-18-16(5-3-11-21-18)19(25)23-14-7-9-15(10-8-14)24-20(26)17-6-4-12-27-17/h3-13H,1-2H3,(H,21,22)(H,23,25)(H,24,26). The van der Waals surface area contributed by atoms with Crippen molar-refractivity contribution in [3.8, 4) is 0 Å². The first kappa shape index (κ1) is 18.6. The average molecular weight is 380 g/mol. The molecule has 3 rings (SSSR count). The van der Waals surface area contributed by atoms with E-state index in [9.17, 15) is 9.59 Å². The van der Waals surface area contributed by atoms with E-state index in [0.717, 1.165) is 0 Å². The largest absolute Gasteiger partial charge is 0.367 e. The van der Waals surface area contributed by atoms with Crippen LogP contribution in [0.4, 0.5) is 17.2 Å². The van der Waals surface area contributed by atoms with Gasteiger partial charge in [-0.25, -0.2) is 4.98 Å². The highest BCUT2D eigenvalue weighted by molar-refractivity contribution is 7.12. The van der Waals surface area contributed by atoms with Gasteiger partial charge in [0.15, 0.2) is 0 Å². The summed E-state index contributed by atoms with van der Waals surface area (Å²) in [6.07, 6.45) is 1.65. The van der Waals surface area contributed by atoms with E-state index in [-0.39, 0.29) is 17.9 Å². The van der Waals surface area contributed by atoms with Crippen molar-refractivity contribution in [2.75, 3.05) is 16.0 Å². The van der Waals surface area contributed by atoms with Crippen LogP contribution in [0.15, 0.2) is 60.1 Å². The molecule has 0 aliphatic heterocycles. The molecule has 3 N–H and O–H groups in total. The number of anilines is 3. The number of thiophene rings is 1. The molecule has 2 aromatic heterocycles. The van der Waals surface area contributed by atoms with Crippen molar-refractivity contribution in [3.05, 3.63) is 70.5 Å². The van der Waals surface area contributed by atoms with Crippen molar-refractivity contribution < 1.29 is 9.59 Å². The minimum Gasteiger partial charge on any atom is -0.367 e. The Bertz CT molecular complexity index is 921. The van der Waals surface area contributed by atoms with Gasteiger partial charge in [0.1, 0.15) is 5.82 Å². The van der Waals surface area contributed by atoms with E-state index in [0.29, 0.717) is 27.6 Å². The van der Waals surface area contributed by atoms with E-state index in [2.05, 4.69) is 20.9 Å². The van der Waals surface area contributed by atoms with Crippen LogP contribution >= 0.6 is 11.3 Å². The molecule has 0 bridgehead atoms. The van der Waals surface area contributed by atoms with Crippen LogP contribution in [-0.4, -0.2) is 22.8 Å². The molecule has 0 radical (unpaired) electrons. The number of nitrogens with one attached hydrogen (secondary N) is 3. The average Bonchev–Trinajstić information content (AvgIpc) is 3.18. The fraction of sp³-hybridized carbons (Fsp3) is 0.150. The first-order valence-corrected chi connectivity index (χ1v) is 9.38. The predicted octanol–water partition coefficient (Wildman–Crippen LogP) is 4.47. The van der Waals surface area contributed by atoms with Crippen molar-refractivity contribution in [2.24, 2.45) is 0 Å². The molecule has 0 spiro atoms. The molecule has 2 heterocycles. The van der Waals surface area contributed by atoms with Crippen LogP contribution in [0.1, 0.15) is 33.9 Å². The van der Waals surface area contributed by atoms with Crippen LogP contribution in [0, 0.1) is 0 Å². The monoisotopic (exact) mass is 380 g/mol. The van der Waals surface area contributed by atoms with Gasteiger partial charge in [0.25, 0.3) is 11.8 Å². The topological polar surface area (TPSA) is 83.1 Å². The Balaban J connectivity index is 1.66. The van der Waals surface area contributed by atoms with Gasteiger partial charge in [0.05, 0.1) is 10.4 Å². The summed E-state index contributed by atoms with van der Waals surface area (Å²) in [7, 11) is 0. The van der Waals surface area contributed by atoms with Gasteiger partial charge in [-0.3, -0.25) is 9.59 Å². The quantitative estimate of drug-likeness (QED) is 0.589. The summed E-state index contributed by atoms with van der Waals surface area (Å²) < 4.78 is 0. The molecule has 0 atom stereocenters. The lowest BCUT2D eigenvalue weighted by Gasteiger charge is -2.13. The first-order chi connectivity index (χ1) is 13.0. The fourth-order valence-electron chi connectivity index (χ4n) is 2.41. The second-order valence-corrected chi connectivity index (χ2v) is 7.11. The molecule has 0 unspecified atom stereocenters. The zero-order valence-electron chi connectivity index (χ0n) is 15.0. The molecule has 0 saturated heterocycles. The number of benzene rings is 1. The van der Waals surface area contributed by atoms with Gasteiger partial charge in [0, 0.05) is 23.6 Å². The van der Waals surface area contributed by atoms with Gasteiger partial charge in [-0.1, -0.05) is 6.07 Å². The van der Waals surface area contributed by atoms with Crippen molar-refractivity contribution in [1.82, 2.24) is 4.98 Å². The van der Waals surface area contributed by atoms with Crippen LogP contribution < -0.4 is 16.0 Å². The van der Waals surface area contributed by atoms with E-state index >= 15 is 0 Å². The maximum atomic E-state index is 12.6. The van der Waals surface area contributed by atoms with Gasteiger partial charge in [-0.2, -0.15) is 0 Å². The number of nitrogens with zero attached hydrogens (tertiary/aromatic N) is 1. The molecule has 0 aliphatic rings. The minimum atomic E-state index is -0.248. The molecule has 6 nitrogen and oxygen atoms in total. The minimum absolute atomic E-state index is 0.151. The Labute approximate surface area is 161 Å². The Hall–Kier alpha value is -3.19. The van der Waals surface area contributed by atoms with Gasteiger partial charge < -0.3 is 16.0 Å². The number of amides is 2. The molecule has 0 aliphatic carbocycles. The molecule has 3 aromatic rings. The Morgan fingerprint density at radius 1 is 0.926 bits per heavy atom. The number of pyridine rings is 1. The van der Waals surface area contributed by atoms with E-state index < -0.39 is 0 Å². The molecule has 27 heavy (non-hydrogen) atoms. The lowest BCUT2D eigenvalue weighted by Crippen LogP contribution is -2.18.